The quantitative estimate of drug-likeness (QED) is 0.793. The molecular weight excluding hydrogens is 321 g/mol. The topological polar surface area (TPSA) is 70.2 Å². The molecule has 23 heavy (non-hydrogen) atoms. The van der Waals surface area contributed by atoms with E-state index in [2.05, 4.69) is 16.0 Å². The smallest absolute Gasteiger partial charge is 0.323 e. The number of rotatable bonds is 4. The van der Waals surface area contributed by atoms with Gasteiger partial charge >= 0.3 is 6.03 Å². The number of urea groups is 1. The second kappa shape index (κ2) is 7.60. The molecule has 0 unspecified atom stereocenters. The Morgan fingerprint density at radius 3 is 2.61 bits per heavy atom. The maximum absolute atomic E-state index is 13.1. The summed E-state index contributed by atoms with van der Waals surface area (Å²) >= 11 is 5.91. The van der Waals surface area contributed by atoms with E-state index < -0.39 is 11.8 Å². The molecule has 3 amide bonds. The zero-order valence-corrected chi connectivity index (χ0v) is 13.1. The van der Waals surface area contributed by atoms with Crippen LogP contribution in [-0.2, 0) is 0 Å². The average molecular weight is 336 g/mol. The second-order valence-electron chi connectivity index (χ2n) is 4.64. The molecule has 0 saturated carbocycles. The highest BCUT2D eigenvalue weighted by molar-refractivity contribution is 6.31. The molecular formula is C16H15ClFN3O2. The SMILES string of the molecule is CCNC(=O)c1ccc(Cl)cc1NC(=O)Nc1cccc(F)c1. The Kier molecular flexibility index (Phi) is 5.54. The summed E-state index contributed by atoms with van der Waals surface area (Å²) in [5.74, 6) is -0.793. The number of carbonyl (C=O) groups excluding carboxylic acids is 2. The van der Waals surface area contributed by atoms with Crippen molar-refractivity contribution < 1.29 is 14.0 Å². The molecule has 0 heterocycles. The summed E-state index contributed by atoms with van der Waals surface area (Å²) in [6, 6.07) is 9.42. The van der Waals surface area contributed by atoms with Gasteiger partial charge in [-0.05, 0) is 43.3 Å². The lowest BCUT2D eigenvalue weighted by atomic mass is 10.1. The molecule has 3 N–H and O–H groups in total. The summed E-state index contributed by atoms with van der Waals surface area (Å²) in [7, 11) is 0. The Morgan fingerprint density at radius 1 is 1.13 bits per heavy atom. The van der Waals surface area contributed by atoms with E-state index >= 15 is 0 Å². The zero-order valence-electron chi connectivity index (χ0n) is 12.3. The molecule has 2 rings (SSSR count). The van der Waals surface area contributed by atoms with Crippen LogP contribution in [0.3, 0.4) is 0 Å². The number of hydrogen-bond acceptors (Lipinski definition) is 2. The third kappa shape index (κ3) is 4.69. The first-order valence-corrected chi connectivity index (χ1v) is 7.28. The minimum absolute atomic E-state index is 0.261. The van der Waals surface area contributed by atoms with Crippen molar-refractivity contribution >= 4 is 34.9 Å². The fourth-order valence-electron chi connectivity index (χ4n) is 1.92. The minimum Gasteiger partial charge on any atom is -0.352 e. The molecule has 0 aliphatic carbocycles. The molecule has 0 aliphatic rings. The summed E-state index contributed by atoms with van der Waals surface area (Å²) < 4.78 is 13.1. The van der Waals surface area contributed by atoms with Crippen molar-refractivity contribution in [3.63, 3.8) is 0 Å². The van der Waals surface area contributed by atoms with Crippen LogP contribution in [0.4, 0.5) is 20.6 Å². The normalized spacial score (nSPS) is 10.0. The second-order valence-corrected chi connectivity index (χ2v) is 5.08. The van der Waals surface area contributed by atoms with Crippen LogP contribution in [0, 0.1) is 5.82 Å². The van der Waals surface area contributed by atoms with Crippen molar-refractivity contribution in [1.29, 1.82) is 0 Å². The molecule has 2 aromatic rings. The van der Waals surface area contributed by atoms with Gasteiger partial charge in [0.25, 0.3) is 5.91 Å². The van der Waals surface area contributed by atoms with Gasteiger partial charge in [-0.15, -0.1) is 0 Å². The molecule has 0 saturated heterocycles. The first-order valence-electron chi connectivity index (χ1n) is 6.91. The summed E-state index contributed by atoms with van der Waals surface area (Å²) in [5, 5.41) is 8.05. The standard InChI is InChI=1S/C16H15ClFN3O2/c1-2-19-15(22)13-7-6-10(17)8-14(13)21-16(23)20-12-5-3-4-11(18)9-12/h3-9H,2H2,1H3,(H,19,22)(H2,20,21,23). The van der Waals surface area contributed by atoms with Crippen molar-refractivity contribution in [3.8, 4) is 0 Å². The molecule has 0 bridgehead atoms. The van der Waals surface area contributed by atoms with Crippen molar-refractivity contribution in [2.24, 2.45) is 0 Å². The van der Waals surface area contributed by atoms with Crippen molar-refractivity contribution in [2.75, 3.05) is 17.2 Å². The van der Waals surface area contributed by atoms with Crippen LogP contribution >= 0.6 is 11.6 Å². The molecule has 0 aromatic heterocycles. The van der Waals surface area contributed by atoms with Crippen LogP contribution in [0.1, 0.15) is 17.3 Å². The highest BCUT2D eigenvalue weighted by Gasteiger charge is 2.13. The Labute approximate surface area is 137 Å². The zero-order chi connectivity index (χ0) is 16.8. The van der Waals surface area contributed by atoms with Gasteiger partial charge in [-0.3, -0.25) is 4.79 Å². The minimum atomic E-state index is -0.608. The van der Waals surface area contributed by atoms with Crippen LogP contribution in [0.5, 0.6) is 0 Å². The Balaban J connectivity index is 2.16. The van der Waals surface area contributed by atoms with Crippen molar-refractivity contribution in [1.82, 2.24) is 5.32 Å². The molecule has 0 atom stereocenters. The van der Waals surface area contributed by atoms with E-state index in [1.165, 1.54) is 30.3 Å². The molecule has 0 radical (unpaired) electrons. The Bertz CT molecular complexity index is 737. The highest BCUT2D eigenvalue weighted by atomic mass is 35.5. The van der Waals surface area contributed by atoms with Gasteiger partial charge in [-0.2, -0.15) is 0 Å². The number of halogens is 2. The highest BCUT2D eigenvalue weighted by Crippen LogP contribution is 2.21. The van der Waals surface area contributed by atoms with Gasteiger partial charge in [0.15, 0.2) is 0 Å². The maximum Gasteiger partial charge on any atom is 0.323 e. The van der Waals surface area contributed by atoms with Crippen LogP contribution in [-0.4, -0.2) is 18.5 Å². The van der Waals surface area contributed by atoms with E-state index in [0.29, 0.717) is 17.3 Å². The largest absolute Gasteiger partial charge is 0.352 e. The lowest BCUT2D eigenvalue weighted by Crippen LogP contribution is -2.26. The monoisotopic (exact) mass is 335 g/mol. The summed E-state index contributed by atoms with van der Waals surface area (Å²) in [6.45, 7) is 2.24. The van der Waals surface area contributed by atoms with E-state index in [-0.39, 0.29) is 17.2 Å². The molecule has 5 nitrogen and oxygen atoms in total. The molecule has 0 fully saturated rings. The fourth-order valence-corrected chi connectivity index (χ4v) is 2.10. The Hall–Kier alpha value is -2.60. The summed E-state index contributed by atoms with van der Waals surface area (Å²) in [5.41, 5.74) is 0.840. The molecule has 7 heteroatoms. The Morgan fingerprint density at radius 2 is 1.91 bits per heavy atom. The van der Waals surface area contributed by atoms with Gasteiger partial charge in [0.1, 0.15) is 5.82 Å². The molecule has 120 valence electrons. The fraction of sp³-hybridized carbons (Fsp3) is 0.125. The number of nitrogens with one attached hydrogen (secondary N) is 3. The molecule has 0 aliphatic heterocycles. The van der Waals surface area contributed by atoms with Crippen LogP contribution < -0.4 is 16.0 Å². The lowest BCUT2D eigenvalue weighted by Gasteiger charge is -2.12. The van der Waals surface area contributed by atoms with Gasteiger partial charge in [0, 0.05) is 17.3 Å². The van der Waals surface area contributed by atoms with Gasteiger partial charge in [-0.25, -0.2) is 9.18 Å². The first kappa shape index (κ1) is 16.8. The van der Waals surface area contributed by atoms with Crippen LogP contribution in [0.25, 0.3) is 0 Å². The number of carbonyl (C=O) groups is 2. The number of anilines is 2. The first-order chi connectivity index (χ1) is 11.0. The third-order valence-electron chi connectivity index (χ3n) is 2.89. The number of benzene rings is 2. The molecule has 0 spiro atoms. The van der Waals surface area contributed by atoms with E-state index in [1.54, 1.807) is 19.1 Å². The van der Waals surface area contributed by atoms with E-state index in [0.717, 1.165) is 0 Å². The van der Waals surface area contributed by atoms with Crippen LogP contribution in [0.2, 0.25) is 5.02 Å². The van der Waals surface area contributed by atoms with Gasteiger partial charge < -0.3 is 16.0 Å². The van der Waals surface area contributed by atoms with Gasteiger partial charge in [0.05, 0.1) is 11.3 Å². The number of hydrogen-bond donors (Lipinski definition) is 3. The van der Waals surface area contributed by atoms with E-state index in [9.17, 15) is 14.0 Å². The summed E-state index contributed by atoms with van der Waals surface area (Å²) in [4.78, 5) is 24.0. The van der Waals surface area contributed by atoms with Gasteiger partial charge in [-0.1, -0.05) is 17.7 Å². The third-order valence-corrected chi connectivity index (χ3v) is 3.13. The van der Waals surface area contributed by atoms with E-state index in [1.807, 2.05) is 0 Å². The van der Waals surface area contributed by atoms with Crippen molar-refractivity contribution in [3.05, 3.63) is 58.9 Å². The average Bonchev–Trinajstić information content (AvgIpc) is 2.47. The predicted octanol–water partition coefficient (Wildman–Crippen LogP) is 3.87. The van der Waals surface area contributed by atoms with Gasteiger partial charge in [0.2, 0.25) is 0 Å². The van der Waals surface area contributed by atoms with E-state index in [4.69, 9.17) is 11.6 Å². The predicted molar refractivity (Wildman–Crippen MR) is 88.5 cm³/mol. The number of amides is 3. The van der Waals surface area contributed by atoms with Crippen molar-refractivity contribution in [2.45, 2.75) is 6.92 Å². The van der Waals surface area contributed by atoms with Crippen LogP contribution in [0.15, 0.2) is 42.5 Å². The lowest BCUT2D eigenvalue weighted by molar-refractivity contribution is 0.0956. The summed E-state index contributed by atoms with van der Waals surface area (Å²) in [6.07, 6.45) is 0. The molecule has 2 aromatic carbocycles. The maximum atomic E-state index is 13.1.